The molecule has 1 saturated heterocycles. The molecule has 1 fully saturated rings. The lowest BCUT2D eigenvalue weighted by Crippen LogP contribution is -2.63. The minimum Gasteiger partial charge on any atom is -0.494 e. The zero-order valence-corrected chi connectivity index (χ0v) is 13.0. The van der Waals surface area contributed by atoms with E-state index in [0.29, 0.717) is 17.7 Å². The average Bonchev–Trinajstić information content (AvgIpc) is 2.37. The average molecular weight is 280 g/mol. The van der Waals surface area contributed by atoms with Crippen LogP contribution in [0.5, 0.6) is 5.75 Å². The number of halogens is 1. The predicted octanol–water partition coefficient (Wildman–Crippen LogP) is 3.05. The van der Waals surface area contributed by atoms with Crippen LogP contribution in [0.2, 0.25) is 0 Å². The van der Waals surface area contributed by atoms with Crippen LogP contribution >= 0.6 is 0 Å². The molecule has 0 aliphatic carbocycles. The van der Waals surface area contributed by atoms with Gasteiger partial charge in [-0.1, -0.05) is 13.8 Å². The first-order chi connectivity index (χ1) is 9.34. The molecule has 1 aliphatic heterocycles. The Bertz CT molecular complexity index is 474. The van der Waals surface area contributed by atoms with Gasteiger partial charge in [-0.3, -0.25) is 0 Å². The fraction of sp³-hybridized carbons (Fsp3) is 0.625. The van der Waals surface area contributed by atoms with E-state index in [9.17, 15) is 4.39 Å². The van der Waals surface area contributed by atoms with Crippen molar-refractivity contribution in [3.8, 4) is 5.75 Å². The van der Waals surface area contributed by atoms with Crippen LogP contribution in [-0.2, 0) is 0 Å². The summed E-state index contributed by atoms with van der Waals surface area (Å²) in [6.45, 7) is 10.7. The third kappa shape index (κ3) is 3.06. The zero-order chi connectivity index (χ0) is 14.9. The Morgan fingerprint density at radius 3 is 2.70 bits per heavy atom. The summed E-state index contributed by atoms with van der Waals surface area (Å²) < 4.78 is 18.7. The Morgan fingerprint density at radius 2 is 2.10 bits per heavy atom. The molecule has 1 aromatic carbocycles. The number of ether oxygens (including phenoxy) is 1. The predicted molar refractivity (Wildman–Crippen MR) is 81.0 cm³/mol. The summed E-state index contributed by atoms with van der Waals surface area (Å²) in [6, 6.07) is 5.53. The van der Waals surface area contributed by atoms with Crippen LogP contribution in [0.1, 0.15) is 27.7 Å². The van der Waals surface area contributed by atoms with Gasteiger partial charge >= 0.3 is 0 Å². The number of piperazine rings is 1. The van der Waals surface area contributed by atoms with Gasteiger partial charge in [-0.25, -0.2) is 4.39 Å². The fourth-order valence-electron chi connectivity index (χ4n) is 2.80. The first kappa shape index (κ1) is 15.1. The third-order valence-corrected chi connectivity index (χ3v) is 3.99. The Hall–Kier alpha value is -1.29. The highest BCUT2D eigenvalue weighted by molar-refractivity contribution is 5.53. The van der Waals surface area contributed by atoms with Crippen molar-refractivity contribution in [3.63, 3.8) is 0 Å². The molecule has 0 bridgehead atoms. The number of hydrogen-bond donors (Lipinski definition) is 1. The van der Waals surface area contributed by atoms with Crippen LogP contribution in [0.3, 0.4) is 0 Å². The Labute approximate surface area is 121 Å². The molecule has 0 amide bonds. The maximum Gasteiger partial charge on any atom is 0.165 e. The quantitative estimate of drug-likeness (QED) is 0.921. The summed E-state index contributed by atoms with van der Waals surface area (Å²) in [4.78, 5) is 2.36. The summed E-state index contributed by atoms with van der Waals surface area (Å²) in [5, 5.41) is 3.58. The third-order valence-electron chi connectivity index (χ3n) is 3.99. The minimum atomic E-state index is -0.313. The fourth-order valence-corrected chi connectivity index (χ4v) is 2.80. The number of anilines is 1. The minimum absolute atomic E-state index is 0.0486. The Kier molecular flexibility index (Phi) is 4.23. The molecule has 0 radical (unpaired) electrons. The normalized spacial score (nSPS) is 22.1. The van der Waals surface area contributed by atoms with E-state index in [0.717, 1.165) is 18.8 Å². The second kappa shape index (κ2) is 5.60. The van der Waals surface area contributed by atoms with Gasteiger partial charge in [0.05, 0.1) is 7.11 Å². The lowest BCUT2D eigenvalue weighted by molar-refractivity contribution is 0.277. The molecule has 1 atom stereocenters. The molecular weight excluding hydrogens is 255 g/mol. The first-order valence-electron chi connectivity index (χ1n) is 7.19. The van der Waals surface area contributed by atoms with Gasteiger partial charge in [0.1, 0.15) is 0 Å². The van der Waals surface area contributed by atoms with Crippen molar-refractivity contribution < 1.29 is 9.13 Å². The van der Waals surface area contributed by atoms with E-state index in [1.807, 2.05) is 6.07 Å². The molecular formula is C16H25FN2O. The molecule has 20 heavy (non-hydrogen) atoms. The van der Waals surface area contributed by atoms with E-state index in [1.54, 1.807) is 6.07 Å². The van der Waals surface area contributed by atoms with Crippen LogP contribution in [-0.4, -0.2) is 31.8 Å². The van der Waals surface area contributed by atoms with Crippen molar-refractivity contribution in [1.82, 2.24) is 5.32 Å². The highest BCUT2D eigenvalue weighted by atomic mass is 19.1. The Morgan fingerprint density at radius 1 is 1.40 bits per heavy atom. The van der Waals surface area contributed by atoms with Gasteiger partial charge in [-0.2, -0.15) is 0 Å². The van der Waals surface area contributed by atoms with E-state index in [1.165, 1.54) is 13.2 Å². The van der Waals surface area contributed by atoms with Crippen LogP contribution in [0.25, 0.3) is 0 Å². The van der Waals surface area contributed by atoms with Gasteiger partial charge < -0.3 is 15.0 Å². The van der Waals surface area contributed by atoms with Gasteiger partial charge in [-0.05, 0) is 31.9 Å². The van der Waals surface area contributed by atoms with Crippen molar-refractivity contribution in [2.45, 2.75) is 39.3 Å². The number of rotatable bonds is 3. The monoisotopic (exact) mass is 280 g/mol. The van der Waals surface area contributed by atoms with Gasteiger partial charge in [0, 0.05) is 36.4 Å². The highest BCUT2D eigenvalue weighted by Gasteiger charge is 2.34. The largest absolute Gasteiger partial charge is 0.494 e. The second-order valence-electron chi connectivity index (χ2n) is 6.52. The van der Waals surface area contributed by atoms with Crippen LogP contribution in [0.4, 0.5) is 10.1 Å². The van der Waals surface area contributed by atoms with Crippen molar-refractivity contribution >= 4 is 5.69 Å². The van der Waals surface area contributed by atoms with Crippen LogP contribution < -0.4 is 15.0 Å². The second-order valence-corrected chi connectivity index (χ2v) is 6.52. The number of nitrogens with one attached hydrogen (secondary N) is 1. The summed E-state index contributed by atoms with van der Waals surface area (Å²) in [5.74, 6) is 0.516. The maximum atomic E-state index is 13.6. The van der Waals surface area contributed by atoms with E-state index >= 15 is 0 Å². The Balaban J connectivity index is 2.35. The molecule has 112 valence electrons. The van der Waals surface area contributed by atoms with E-state index in [-0.39, 0.29) is 11.4 Å². The van der Waals surface area contributed by atoms with E-state index < -0.39 is 0 Å². The van der Waals surface area contributed by atoms with Gasteiger partial charge in [0.2, 0.25) is 0 Å². The number of nitrogens with zero attached hydrogens (tertiary/aromatic N) is 1. The zero-order valence-electron chi connectivity index (χ0n) is 13.0. The van der Waals surface area contributed by atoms with E-state index in [4.69, 9.17) is 4.74 Å². The summed E-state index contributed by atoms with van der Waals surface area (Å²) in [7, 11) is 1.50. The van der Waals surface area contributed by atoms with Crippen molar-refractivity contribution in [2.75, 3.05) is 25.1 Å². The maximum absolute atomic E-state index is 13.6. The van der Waals surface area contributed by atoms with Gasteiger partial charge in [-0.15, -0.1) is 0 Å². The lowest BCUT2D eigenvalue weighted by Gasteiger charge is -2.47. The first-order valence-corrected chi connectivity index (χ1v) is 7.19. The number of methoxy groups -OCH3 is 1. The smallest absolute Gasteiger partial charge is 0.165 e. The molecule has 0 aromatic heterocycles. The van der Waals surface area contributed by atoms with Crippen LogP contribution in [0, 0.1) is 11.7 Å². The molecule has 1 N–H and O–H groups in total. The molecule has 2 rings (SSSR count). The molecule has 0 spiro atoms. The standard InChI is InChI=1S/C16H25FN2O/c1-11(2)14-9-18-16(3,4)10-19(14)12-6-7-13(17)15(8-12)20-5/h6-8,11,14,18H,9-10H2,1-5H3. The number of benzene rings is 1. The summed E-state index contributed by atoms with van der Waals surface area (Å²) >= 11 is 0. The molecule has 3 nitrogen and oxygen atoms in total. The SMILES string of the molecule is COc1cc(N2CC(C)(C)NCC2C(C)C)ccc1F. The lowest BCUT2D eigenvalue weighted by atomic mass is 9.92. The van der Waals surface area contributed by atoms with Crippen molar-refractivity contribution in [2.24, 2.45) is 5.92 Å². The van der Waals surface area contributed by atoms with Crippen molar-refractivity contribution in [3.05, 3.63) is 24.0 Å². The van der Waals surface area contributed by atoms with Crippen molar-refractivity contribution in [1.29, 1.82) is 0 Å². The highest BCUT2D eigenvalue weighted by Crippen LogP contribution is 2.30. The summed E-state index contributed by atoms with van der Waals surface area (Å²) in [5.41, 5.74) is 1.07. The van der Waals surface area contributed by atoms with E-state index in [2.05, 4.69) is 37.9 Å². The van der Waals surface area contributed by atoms with Gasteiger partial charge in [0.15, 0.2) is 11.6 Å². The van der Waals surface area contributed by atoms with Crippen LogP contribution in [0.15, 0.2) is 18.2 Å². The molecule has 1 unspecified atom stereocenters. The summed E-state index contributed by atoms with van der Waals surface area (Å²) in [6.07, 6.45) is 0. The topological polar surface area (TPSA) is 24.5 Å². The molecule has 1 heterocycles. The number of hydrogen-bond acceptors (Lipinski definition) is 3. The molecule has 4 heteroatoms. The van der Waals surface area contributed by atoms with Gasteiger partial charge in [0.25, 0.3) is 0 Å². The molecule has 0 saturated carbocycles. The molecule has 1 aliphatic rings. The molecule has 1 aromatic rings.